The van der Waals surface area contributed by atoms with Crippen LogP contribution in [0.2, 0.25) is 0 Å². The van der Waals surface area contributed by atoms with Crippen molar-refractivity contribution in [1.82, 2.24) is 10.2 Å². The molecule has 1 atom stereocenters. The molecule has 25 heavy (non-hydrogen) atoms. The fourth-order valence-electron chi connectivity index (χ4n) is 4.37. The molecule has 1 spiro atoms. The molecule has 2 saturated heterocycles. The highest BCUT2D eigenvalue weighted by Gasteiger charge is 2.52. The molecule has 2 aliphatic heterocycles. The maximum absolute atomic E-state index is 12.8. The Morgan fingerprint density at radius 2 is 2.20 bits per heavy atom. The van der Waals surface area contributed by atoms with Crippen LogP contribution < -0.4 is 5.32 Å². The van der Waals surface area contributed by atoms with Gasteiger partial charge in [-0.1, -0.05) is 0 Å². The van der Waals surface area contributed by atoms with Crippen LogP contribution in [-0.4, -0.2) is 48.6 Å². The Balaban J connectivity index is 1.20. The quantitative estimate of drug-likeness (QED) is 0.837. The molecule has 7 heteroatoms. The minimum atomic E-state index is -2.64. The predicted octanol–water partition coefficient (Wildman–Crippen LogP) is 2.89. The average Bonchev–Trinajstić information content (AvgIpc) is 3.14. The minimum absolute atomic E-state index is 0.0652. The van der Waals surface area contributed by atoms with Crippen molar-refractivity contribution >= 4 is 17.2 Å². The third kappa shape index (κ3) is 3.59. The molecule has 4 rings (SSSR count). The molecule has 1 unspecified atom stereocenters. The van der Waals surface area contributed by atoms with Gasteiger partial charge in [0.25, 0.3) is 0 Å². The predicted molar refractivity (Wildman–Crippen MR) is 91.7 cm³/mol. The zero-order valence-electron chi connectivity index (χ0n) is 14.2. The lowest BCUT2D eigenvalue weighted by Crippen LogP contribution is -2.64. The highest BCUT2D eigenvalue weighted by molar-refractivity contribution is 7.07. The first-order valence-electron chi connectivity index (χ1n) is 8.99. The Morgan fingerprint density at radius 3 is 2.88 bits per heavy atom. The van der Waals surface area contributed by atoms with Gasteiger partial charge in [0.15, 0.2) is 0 Å². The van der Waals surface area contributed by atoms with Crippen LogP contribution in [0.5, 0.6) is 0 Å². The van der Waals surface area contributed by atoms with Gasteiger partial charge in [0.1, 0.15) is 0 Å². The van der Waals surface area contributed by atoms with Gasteiger partial charge in [-0.05, 0) is 41.1 Å². The van der Waals surface area contributed by atoms with E-state index in [1.807, 2.05) is 0 Å². The Labute approximate surface area is 150 Å². The summed E-state index contributed by atoms with van der Waals surface area (Å²) in [4.78, 5) is 14.3. The molecule has 0 bridgehead atoms. The van der Waals surface area contributed by atoms with E-state index in [-0.39, 0.29) is 24.3 Å². The van der Waals surface area contributed by atoms with Gasteiger partial charge in [0.05, 0.1) is 5.60 Å². The normalized spacial score (nSPS) is 27.8. The molecule has 1 N–H and O–H groups in total. The molecule has 3 fully saturated rings. The van der Waals surface area contributed by atoms with Crippen molar-refractivity contribution in [2.75, 3.05) is 26.2 Å². The largest absolute Gasteiger partial charge is 0.372 e. The maximum atomic E-state index is 12.8. The highest BCUT2D eigenvalue weighted by atomic mass is 32.1. The van der Waals surface area contributed by atoms with Gasteiger partial charge in [-0.15, -0.1) is 0 Å². The molecule has 0 aromatic carbocycles. The number of hydrogen-bond acceptors (Lipinski definition) is 4. The van der Waals surface area contributed by atoms with Crippen molar-refractivity contribution in [2.45, 2.75) is 43.8 Å². The van der Waals surface area contributed by atoms with E-state index in [0.29, 0.717) is 12.5 Å². The first kappa shape index (κ1) is 17.4. The van der Waals surface area contributed by atoms with Crippen LogP contribution in [0.4, 0.5) is 8.78 Å². The molecule has 3 aliphatic rings. The lowest BCUT2D eigenvalue weighted by Gasteiger charge is -2.50. The van der Waals surface area contributed by atoms with Crippen LogP contribution in [0.3, 0.4) is 0 Å². The Morgan fingerprint density at radius 1 is 1.40 bits per heavy atom. The molecule has 1 amide bonds. The molecule has 3 heterocycles. The number of hydrogen-bond donors (Lipinski definition) is 1. The van der Waals surface area contributed by atoms with E-state index >= 15 is 0 Å². The summed E-state index contributed by atoms with van der Waals surface area (Å²) in [6, 6.07) is 2.15. The Kier molecular flexibility index (Phi) is 4.58. The van der Waals surface area contributed by atoms with Gasteiger partial charge in [-0.3, -0.25) is 9.69 Å². The number of rotatable bonds is 6. The molecular weight excluding hydrogens is 346 g/mol. The van der Waals surface area contributed by atoms with E-state index in [1.165, 1.54) is 5.56 Å². The fraction of sp³-hybridized carbons (Fsp3) is 0.722. The van der Waals surface area contributed by atoms with Crippen LogP contribution in [-0.2, 0) is 16.1 Å². The zero-order valence-corrected chi connectivity index (χ0v) is 15.0. The first-order valence-corrected chi connectivity index (χ1v) is 9.93. The number of amides is 1. The molecule has 1 aromatic rings. The zero-order chi connectivity index (χ0) is 17.5. The first-order chi connectivity index (χ1) is 12.0. The number of alkyl halides is 2. The van der Waals surface area contributed by atoms with Crippen LogP contribution >= 0.6 is 11.3 Å². The lowest BCUT2D eigenvalue weighted by atomic mass is 9.78. The van der Waals surface area contributed by atoms with Gasteiger partial charge in [0, 0.05) is 51.5 Å². The second-order valence-corrected chi connectivity index (χ2v) is 8.50. The summed E-state index contributed by atoms with van der Waals surface area (Å²) in [7, 11) is 0. The van der Waals surface area contributed by atoms with Crippen molar-refractivity contribution in [3.8, 4) is 0 Å². The number of halogens is 2. The second-order valence-electron chi connectivity index (χ2n) is 7.72. The van der Waals surface area contributed by atoms with Gasteiger partial charge in [-0.2, -0.15) is 11.3 Å². The van der Waals surface area contributed by atoms with E-state index < -0.39 is 11.8 Å². The average molecular weight is 370 g/mol. The molecule has 1 aromatic heterocycles. The lowest BCUT2D eigenvalue weighted by molar-refractivity contribution is -0.150. The summed E-state index contributed by atoms with van der Waals surface area (Å²) in [5.41, 5.74) is 1.28. The highest BCUT2D eigenvalue weighted by Crippen LogP contribution is 2.43. The smallest absolute Gasteiger partial charge is 0.249 e. The van der Waals surface area contributed by atoms with Crippen molar-refractivity contribution in [1.29, 1.82) is 0 Å². The summed E-state index contributed by atoms with van der Waals surface area (Å²) < 4.78 is 31.7. The summed E-state index contributed by atoms with van der Waals surface area (Å²) >= 11 is 1.72. The third-order valence-electron chi connectivity index (χ3n) is 5.82. The number of nitrogens with one attached hydrogen (secondary N) is 1. The van der Waals surface area contributed by atoms with Crippen LogP contribution in [0.1, 0.15) is 31.2 Å². The van der Waals surface area contributed by atoms with E-state index in [2.05, 4.69) is 27.0 Å². The van der Waals surface area contributed by atoms with Gasteiger partial charge < -0.3 is 10.1 Å². The molecule has 1 saturated carbocycles. The number of likely N-dealkylation sites (tertiary alicyclic amines) is 1. The molecule has 1 aliphatic carbocycles. The monoisotopic (exact) mass is 370 g/mol. The molecule has 0 radical (unpaired) electrons. The summed E-state index contributed by atoms with van der Waals surface area (Å²) in [6.45, 7) is 4.18. The van der Waals surface area contributed by atoms with Gasteiger partial charge >= 0.3 is 0 Å². The number of carbonyl (C=O) groups is 1. The topological polar surface area (TPSA) is 41.6 Å². The SMILES string of the molecule is O=C(NCCC1CCOC12CN(Cc1ccsc1)C2)C1CC(F)(F)C1. The van der Waals surface area contributed by atoms with Crippen molar-refractivity contribution in [3.05, 3.63) is 22.4 Å². The molecule has 4 nitrogen and oxygen atoms in total. The van der Waals surface area contributed by atoms with E-state index in [0.717, 1.165) is 39.1 Å². The summed E-state index contributed by atoms with van der Waals surface area (Å²) in [5, 5.41) is 7.12. The van der Waals surface area contributed by atoms with Crippen LogP contribution in [0.15, 0.2) is 16.8 Å². The number of ether oxygens (including phenoxy) is 1. The Hall–Kier alpha value is -1.05. The fourth-order valence-corrected chi connectivity index (χ4v) is 5.03. The van der Waals surface area contributed by atoms with E-state index in [9.17, 15) is 13.6 Å². The van der Waals surface area contributed by atoms with Gasteiger partial charge in [-0.25, -0.2) is 8.78 Å². The van der Waals surface area contributed by atoms with Crippen molar-refractivity contribution < 1.29 is 18.3 Å². The summed E-state index contributed by atoms with van der Waals surface area (Å²) in [5.74, 6) is -2.92. The third-order valence-corrected chi connectivity index (χ3v) is 6.55. The molecular formula is C18H24F2N2O2S. The minimum Gasteiger partial charge on any atom is -0.372 e. The van der Waals surface area contributed by atoms with E-state index in [1.54, 1.807) is 11.3 Å². The summed E-state index contributed by atoms with van der Waals surface area (Å²) in [6.07, 6.45) is 1.28. The second kappa shape index (κ2) is 6.59. The number of thiophene rings is 1. The number of carbonyl (C=O) groups excluding carboxylic acids is 1. The standard InChI is InChI=1S/C18H24F2N2O2S/c19-18(20)7-14(8-18)16(23)21-4-1-15-2-5-24-17(15)11-22(12-17)9-13-3-6-25-10-13/h3,6,10,14-15H,1-2,4-5,7-9,11-12H2,(H,21,23). The van der Waals surface area contributed by atoms with E-state index in [4.69, 9.17) is 4.74 Å². The van der Waals surface area contributed by atoms with Crippen LogP contribution in [0.25, 0.3) is 0 Å². The van der Waals surface area contributed by atoms with Crippen LogP contribution in [0, 0.1) is 11.8 Å². The maximum Gasteiger partial charge on any atom is 0.249 e. The van der Waals surface area contributed by atoms with Crippen molar-refractivity contribution in [3.63, 3.8) is 0 Å². The number of nitrogens with zero attached hydrogens (tertiary/aromatic N) is 1. The van der Waals surface area contributed by atoms with Crippen molar-refractivity contribution in [2.24, 2.45) is 11.8 Å². The Bertz CT molecular complexity index is 609. The molecule has 138 valence electrons. The van der Waals surface area contributed by atoms with Gasteiger partial charge in [0.2, 0.25) is 11.8 Å².